The first-order valence-corrected chi connectivity index (χ1v) is 20.9. The summed E-state index contributed by atoms with van der Waals surface area (Å²) in [5.74, 6) is -0.199. The van der Waals surface area contributed by atoms with E-state index in [0.717, 1.165) is 25.7 Å². The van der Waals surface area contributed by atoms with Crippen LogP contribution in [0.1, 0.15) is 219 Å². The van der Waals surface area contributed by atoms with Crippen molar-refractivity contribution in [3.63, 3.8) is 0 Å². The summed E-state index contributed by atoms with van der Waals surface area (Å²) in [6.07, 6.45) is 49.4. The van der Waals surface area contributed by atoms with E-state index in [1.165, 1.54) is 173 Å². The van der Waals surface area contributed by atoms with Crippen molar-refractivity contribution in [1.82, 2.24) is 0 Å². The first kappa shape index (κ1) is 45.9. The highest BCUT2D eigenvalue weighted by atomic mass is 16.6. The Balaban J connectivity index is 3.41. The van der Waals surface area contributed by atoms with Crippen LogP contribution in [0.4, 0.5) is 0 Å². The van der Waals surface area contributed by atoms with E-state index in [1.807, 2.05) is 0 Å². The zero-order chi connectivity index (χ0) is 34.1. The van der Waals surface area contributed by atoms with E-state index in [9.17, 15) is 9.90 Å². The molecule has 0 fully saturated rings. The molecule has 47 heavy (non-hydrogen) atoms. The van der Waals surface area contributed by atoms with E-state index < -0.39 is 6.10 Å². The second-order valence-electron chi connectivity index (χ2n) is 14.1. The van der Waals surface area contributed by atoms with Gasteiger partial charge in [0, 0.05) is 13.0 Å². The number of carbonyl (C=O) groups excluding carboxylic acids is 1. The van der Waals surface area contributed by atoms with Gasteiger partial charge in [0.05, 0.1) is 13.2 Å². The zero-order valence-corrected chi connectivity index (χ0v) is 31.8. The van der Waals surface area contributed by atoms with E-state index in [0.29, 0.717) is 19.6 Å². The van der Waals surface area contributed by atoms with Crippen molar-refractivity contribution in [3.05, 3.63) is 24.3 Å². The molecule has 0 heterocycles. The molecule has 0 spiro atoms. The molecule has 1 atom stereocenters. The lowest BCUT2D eigenvalue weighted by Gasteiger charge is -2.16. The molecule has 0 aromatic heterocycles. The molecule has 0 aliphatic heterocycles. The van der Waals surface area contributed by atoms with Crippen LogP contribution in [0, 0.1) is 0 Å². The average Bonchev–Trinajstić information content (AvgIpc) is 3.08. The third-order valence-electron chi connectivity index (χ3n) is 9.28. The van der Waals surface area contributed by atoms with Gasteiger partial charge < -0.3 is 14.6 Å². The largest absolute Gasteiger partial charge is 0.457 e. The van der Waals surface area contributed by atoms with Crippen LogP contribution in [-0.2, 0) is 14.3 Å². The van der Waals surface area contributed by atoms with Crippen LogP contribution in [0.5, 0.6) is 0 Å². The highest BCUT2D eigenvalue weighted by Crippen LogP contribution is 2.15. The van der Waals surface area contributed by atoms with E-state index in [1.54, 1.807) is 0 Å². The third kappa shape index (κ3) is 39.2. The summed E-state index contributed by atoms with van der Waals surface area (Å²) in [6, 6.07) is 0. The zero-order valence-electron chi connectivity index (χ0n) is 31.8. The maximum Gasteiger partial charge on any atom is 0.306 e. The highest BCUT2D eigenvalue weighted by Gasteiger charge is 2.13. The van der Waals surface area contributed by atoms with Gasteiger partial charge >= 0.3 is 5.97 Å². The molecule has 0 rings (SSSR count). The van der Waals surface area contributed by atoms with Crippen molar-refractivity contribution >= 4 is 5.97 Å². The van der Waals surface area contributed by atoms with Gasteiger partial charge in [-0.05, 0) is 44.9 Å². The van der Waals surface area contributed by atoms with Gasteiger partial charge in [-0.15, -0.1) is 0 Å². The lowest BCUT2D eigenvalue weighted by Crippen LogP contribution is -2.27. The predicted octanol–water partition coefficient (Wildman–Crippen LogP) is 13.5. The van der Waals surface area contributed by atoms with Gasteiger partial charge in [-0.3, -0.25) is 4.79 Å². The monoisotopic (exact) mass is 663 g/mol. The van der Waals surface area contributed by atoms with Crippen molar-refractivity contribution in [3.8, 4) is 0 Å². The van der Waals surface area contributed by atoms with Crippen molar-refractivity contribution in [2.75, 3.05) is 19.8 Å². The Morgan fingerprint density at radius 3 is 1.36 bits per heavy atom. The molecule has 0 saturated carbocycles. The van der Waals surface area contributed by atoms with E-state index >= 15 is 0 Å². The number of allylic oxidation sites excluding steroid dienone is 4. The maximum absolute atomic E-state index is 12.2. The fraction of sp³-hybridized carbons (Fsp3) is 0.884. The Hall–Kier alpha value is -1.13. The number of rotatable bonds is 39. The number of aliphatic hydroxyl groups excluding tert-OH is 1. The Kier molecular flexibility index (Phi) is 40.1. The fourth-order valence-corrected chi connectivity index (χ4v) is 6.12. The molecule has 1 unspecified atom stereocenters. The molecule has 278 valence electrons. The van der Waals surface area contributed by atoms with Crippen LogP contribution in [0.3, 0.4) is 0 Å². The van der Waals surface area contributed by atoms with Gasteiger partial charge in [-0.1, -0.05) is 192 Å². The summed E-state index contributed by atoms with van der Waals surface area (Å²) >= 11 is 0. The van der Waals surface area contributed by atoms with Crippen LogP contribution < -0.4 is 0 Å². The molecule has 0 radical (unpaired) electrons. The molecule has 0 aromatic rings. The Morgan fingerprint density at radius 1 is 0.511 bits per heavy atom. The van der Waals surface area contributed by atoms with Crippen LogP contribution >= 0.6 is 0 Å². The van der Waals surface area contributed by atoms with E-state index in [-0.39, 0.29) is 12.6 Å². The second kappa shape index (κ2) is 41.0. The molecule has 4 heteroatoms. The van der Waals surface area contributed by atoms with Gasteiger partial charge in [0.25, 0.3) is 0 Å². The molecule has 0 saturated heterocycles. The van der Waals surface area contributed by atoms with Crippen molar-refractivity contribution in [2.45, 2.75) is 225 Å². The fourth-order valence-electron chi connectivity index (χ4n) is 6.12. The minimum atomic E-state index is -0.532. The lowest BCUT2D eigenvalue weighted by atomic mass is 10.0. The van der Waals surface area contributed by atoms with E-state index in [2.05, 4.69) is 38.2 Å². The first-order valence-electron chi connectivity index (χ1n) is 20.9. The second-order valence-corrected chi connectivity index (χ2v) is 14.1. The van der Waals surface area contributed by atoms with Crippen molar-refractivity contribution in [2.24, 2.45) is 0 Å². The summed E-state index contributed by atoms with van der Waals surface area (Å²) in [5.41, 5.74) is 0. The molecular weight excluding hydrogens is 580 g/mol. The van der Waals surface area contributed by atoms with Gasteiger partial charge in [0.2, 0.25) is 0 Å². The van der Waals surface area contributed by atoms with Crippen molar-refractivity contribution < 1.29 is 19.4 Å². The summed E-state index contributed by atoms with van der Waals surface area (Å²) in [4.78, 5) is 12.2. The van der Waals surface area contributed by atoms with E-state index in [4.69, 9.17) is 9.47 Å². The lowest BCUT2D eigenvalue weighted by molar-refractivity contribution is -0.154. The normalized spacial score (nSPS) is 12.5. The summed E-state index contributed by atoms with van der Waals surface area (Å²) in [7, 11) is 0. The molecule has 1 N–H and O–H groups in total. The average molecular weight is 663 g/mol. The number of hydrogen-bond donors (Lipinski definition) is 1. The molecule has 4 nitrogen and oxygen atoms in total. The van der Waals surface area contributed by atoms with Crippen molar-refractivity contribution in [1.29, 1.82) is 0 Å². The molecular formula is C43H82O4. The quantitative estimate of drug-likeness (QED) is 0.0404. The van der Waals surface area contributed by atoms with Gasteiger partial charge in [0.1, 0.15) is 6.10 Å². The van der Waals surface area contributed by atoms with Crippen LogP contribution in [-0.4, -0.2) is 37.0 Å². The summed E-state index contributed by atoms with van der Waals surface area (Å²) in [6.45, 7) is 5.34. The smallest absolute Gasteiger partial charge is 0.306 e. The summed E-state index contributed by atoms with van der Waals surface area (Å²) in [5, 5.41) is 9.59. The third-order valence-corrected chi connectivity index (χ3v) is 9.28. The van der Waals surface area contributed by atoms with Crippen LogP contribution in [0.15, 0.2) is 24.3 Å². The summed E-state index contributed by atoms with van der Waals surface area (Å²) < 4.78 is 11.2. The molecule has 0 aliphatic rings. The number of esters is 1. The topological polar surface area (TPSA) is 55.8 Å². The SMILES string of the molecule is CCCCC/C=C\C/C=C\CCCCCCCCCCOCC(CO)OC(=O)CCCCCCCCCCCCCCCCCCC. The standard InChI is InChI=1S/C43H82O4/c1-3-5-7-9-11-13-15-17-19-21-23-25-27-29-31-33-35-37-39-46-41-42(40-44)47-43(45)38-36-34-32-30-28-26-24-22-20-18-16-14-12-10-8-6-4-2/h11,13,17,19,42,44H,3-10,12,14-16,18,20-41H2,1-2H3/b13-11-,19-17-. The Morgan fingerprint density at radius 2 is 0.894 bits per heavy atom. The highest BCUT2D eigenvalue weighted by molar-refractivity contribution is 5.69. The number of aliphatic hydroxyl groups is 1. The Bertz CT molecular complexity index is 658. The molecule has 0 amide bonds. The molecule has 0 bridgehead atoms. The molecule has 0 aliphatic carbocycles. The minimum Gasteiger partial charge on any atom is -0.457 e. The Labute approximate surface area is 294 Å². The van der Waals surface area contributed by atoms with Gasteiger partial charge in [-0.25, -0.2) is 0 Å². The number of ether oxygens (including phenoxy) is 2. The molecule has 0 aromatic carbocycles. The van der Waals surface area contributed by atoms with Crippen LogP contribution in [0.2, 0.25) is 0 Å². The van der Waals surface area contributed by atoms with Gasteiger partial charge in [0.15, 0.2) is 0 Å². The first-order chi connectivity index (χ1) is 23.2. The number of hydrogen-bond acceptors (Lipinski definition) is 4. The minimum absolute atomic E-state index is 0.170. The number of unbranched alkanes of at least 4 members (excludes halogenated alkanes) is 27. The number of carbonyl (C=O) groups is 1. The van der Waals surface area contributed by atoms with Gasteiger partial charge in [-0.2, -0.15) is 0 Å². The van der Waals surface area contributed by atoms with Crippen LogP contribution in [0.25, 0.3) is 0 Å². The maximum atomic E-state index is 12.2. The predicted molar refractivity (Wildman–Crippen MR) is 205 cm³/mol.